The predicted molar refractivity (Wildman–Crippen MR) is 97.6 cm³/mol. The second kappa shape index (κ2) is 7.87. The van der Waals surface area contributed by atoms with E-state index in [-0.39, 0.29) is 23.8 Å². The average Bonchev–Trinajstić information content (AvgIpc) is 2.61. The first-order valence-electron chi connectivity index (χ1n) is 9.30. The third kappa shape index (κ3) is 4.61. The molecule has 1 aliphatic carbocycles. The van der Waals surface area contributed by atoms with Gasteiger partial charge in [-0.3, -0.25) is 4.79 Å². The Kier molecular flexibility index (Phi) is 5.79. The van der Waals surface area contributed by atoms with Gasteiger partial charge in [0.1, 0.15) is 0 Å². The first-order chi connectivity index (χ1) is 12.0. The number of carbonyl (C=O) groups excluding carboxylic acids is 1. The molecule has 25 heavy (non-hydrogen) atoms. The number of nitrogens with one attached hydrogen (secondary N) is 1. The highest BCUT2D eigenvalue weighted by atomic mass is 32.2. The summed E-state index contributed by atoms with van der Waals surface area (Å²) in [6.07, 6.45) is 6.47. The molecule has 0 spiro atoms. The number of fused-ring (bicyclic) bond motifs is 1. The molecule has 1 saturated carbocycles. The van der Waals surface area contributed by atoms with Gasteiger partial charge in [-0.25, -0.2) is 13.1 Å². The van der Waals surface area contributed by atoms with Crippen LogP contribution >= 0.6 is 0 Å². The predicted octanol–water partition coefficient (Wildman–Crippen LogP) is 2.70. The zero-order valence-electron chi connectivity index (χ0n) is 14.9. The zero-order chi connectivity index (χ0) is 17.9. The third-order valence-corrected chi connectivity index (χ3v) is 7.08. The molecule has 1 N–H and O–H groups in total. The fourth-order valence-corrected chi connectivity index (χ4v) is 5.11. The summed E-state index contributed by atoms with van der Waals surface area (Å²) in [7, 11) is -3.54. The van der Waals surface area contributed by atoms with E-state index in [1.54, 1.807) is 24.3 Å². The highest BCUT2D eigenvalue weighted by Crippen LogP contribution is 2.36. The van der Waals surface area contributed by atoms with Crippen molar-refractivity contribution in [3.8, 4) is 0 Å². The number of aryl methyl sites for hydroxylation is 1. The van der Waals surface area contributed by atoms with Gasteiger partial charge in [0, 0.05) is 26.1 Å². The van der Waals surface area contributed by atoms with Gasteiger partial charge in [-0.1, -0.05) is 37.0 Å². The van der Waals surface area contributed by atoms with Crippen LogP contribution in [0.25, 0.3) is 0 Å². The van der Waals surface area contributed by atoms with Crippen LogP contribution in [0, 0.1) is 18.8 Å². The summed E-state index contributed by atoms with van der Waals surface area (Å²) in [4.78, 5) is 14.6. The van der Waals surface area contributed by atoms with Crippen LogP contribution in [0.5, 0.6) is 0 Å². The normalized spacial score (nSPS) is 24.0. The van der Waals surface area contributed by atoms with E-state index in [0.29, 0.717) is 5.92 Å². The molecule has 1 amide bonds. The highest BCUT2D eigenvalue weighted by Gasteiger charge is 2.32. The number of benzene rings is 1. The number of amides is 1. The average molecular weight is 365 g/mol. The monoisotopic (exact) mass is 364 g/mol. The molecule has 0 bridgehead atoms. The van der Waals surface area contributed by atoms with E-state index in [2.05, 4.69) is 4.72 Å². The quantitative estimate of drug-likeness (QED) is 0.873. The molecule has 1 saturated heterocycles. The van der Waals surface area contributed by atoms with Crippen molar-refractivity contribution in [2.75, 3.05) is 19.6 Å². The van der Waals surface area contributed by atoms with E-state index >= 15 is 0 Å². The van der Waals surface area contributed by atoms with Crippen LogP contribution in [0.1, 0.15) is 44.1 Å². The summed E-state index contributed by atoms with van der Waals surface area (Å²) in [6.45, 7) is 3.75. The molecule has 2 atom stereocenters. The molecule has 0 radical (unpaired) electrons. The van der Waals surface area contributed by atoms with Crippen LogP contribution < -0.4 is 4.72 Å². The maximum absolute atomic E-state index is 12.4. The molecule has 5 nitrogen and oxygen atoms in total. The number of hydrogen-bond acceptors (Lipinski definition) is 3. The number of piperidine rings is 1. The van der Waals surface area contributed by atoms with Gasteiger partial charge in [0.15, 0.2) is 0 Å². The van der Waals surface area contributed by atoms with Gasteiger partial charge >= 0.3 is 0 Å². The lowest BCUT2D eigenvalue weighted by molar-refractivity contribution is -0.134. The number of carbonyl (C=O) groups is 1. The van der Waals surface area contributed by atoms with Crippen LogP contribution in [0.3, 0.4) is 0 Å². The van der Waals surface area contributed by atoms with Crippen molar-refractivity contribution in [3.63, 3.8) is 0 Å². The number of rotatable bonds is 5. The fraction of sp³-hybridized carbons (Fsp3) is 0.632. The minimum Gasteiger partial charge on any atom is -0.342 e. The minimum absolute atomic E-state index is 0.0654. The van der Waals surface area contributed by atoms with Crippen LogP contribution in [-0.4, -0.2) is 38.9 Å². The summed E-state index contributed by atoms with van der Waals surface area (Å²) in [5.74, 6) is 1.50. The molecule has 3 rings (SSSR count). The lowest BCUT2D eigenvalue weighted by Gasteiger charge is -2.41. The van der Waals surface area contributed by atoms with E-state index in [4.69, 9.17) is 0 Å². The van der Waals surface area contributed by atoms with E-state index in [1.165, 1.54) is 25.7 Å². The molecule has 0 aromatic heterocycles. The van der Waals surface area contributed by atoms with E-state index in [9.17, 15) is 13.2 Å². The maximum Gasteiger partial charge on any atom is 0.240 e. The third-order valence-electron chi connectivity index (χ3n) is 5.61. The Labute approximate surface area is 150 Å². The molecule has 1 heterocycles. The van der Waals surface area contributed by atoms with E-state index < -0.39 is 10.0 Å². The summed E-state index contributed by atoms with van der Waals surface area (Å²) >= 11 is 0. The largest absolute Gasteiger partial charge is 0.342 e. The Morgan fingerprint density at radius 3 is 2.52 bits per heavy atom. The van der Waals surface area contributed by atoms with Gasteiger partial charge in [0.05, 0.1) is 4.90 Å². The highest BCUT2D eigenvalue weighted by molar-refractivity contribution is 7.89. The van der Waals surface area contributed by atoms with Crippen molar-refractivity contribution in [2.24, 2.45) is 11.8 Å². The Bertz CT molecular complexity index is 700. The lowest BCUT2D eigenvalue weighted by Crippen LogP contribution is -2.45. The van der Waals surface area contributed by atoms with Crippen molar-refractivity contribution >= 4 is 15.9 Å². The molecule has 1 aliphatic heterocycles. The minimum atomic E-state index is -3.54. The number of likely N-dealkylation sites (tertiary alicyclic amines) is 1. The molecule has 6 heteroatoms. The van der Waals surface area contributed by atoms with Crippen molar-refractivity contribution < 1.29 is 13.2 Å². The van der Waals surface area contributed by atoms with Crippen LogP contribution in [-0.2, 0) is 14.8 Å². The number of hydrogen-bond donors (Lipinski definition) is 1. The van der Waals surface area contributed by atoms with Crippen molar-refractivity contribution in [3.05, 3.63) is 29.8 Å². The summed E-state index contributed by atoms with van der Waals surface area (Å²) in [5.41, 5.74) is 1.01. The van der Waals surface area contributed by atoms with Crippen molar-refractivity contribution in [1.82, 2.24) is 9.62 Å². The van der Waals surface area contributed by atoms with Crippen molar-refractivity contribution in [1.29, 1.82) is 0 Å². The Balaban J connectivity index is 1.48. The van der Waals surface area contributed by atoms with Crippen LogP contribution in [0.15, 0.2) is 29.2 Å². The Hall–Kier alpha value is -1.40. The second-order valence-electron chi connectivity index (χ2n) is 7.39. The number of nitrogens with zero attached hydrogens (tertiary/aromatic N) is 1. The van der Waals surface area contributed by atoms with Gasteiger partial charge in [-0.2, -0.15) is 0 Å². The number of sulfonamides is 1. The molecule has 1 aromatic carbocycles. The Morgan fingerprint density at radius 2 is 1.80 bits per heavy atom. The lowest BCUT2D eigenvalue weighted by atomic mass is 9.75. The van der Waals surface area contributed by atoms with Gasteiger partial charge in [-0.15, -0.1) is 0 Å². The maximum atomic E-state index is 12.4. The first-order valence-corrected chi connectivity index (χ1v) is 10.8. The molecule has 0 unspecified atom stereocenters. The molecule has 2 aliphatic rings. The first kappa shape index (κ1) is 18.4. The van der Waals surface area contributed by atoms with Gasteiger partial charge in [0.25, 0.3) is 0 Å². The van der Waals surface area contributed by atoms with Crippen molar-refractivity contribution in [2.45, 2.75) is 50.3 Å². The smallest absolute Gasteiger partial charge is 0.240 e. The molecule has 138 valence electrons. The molecular weight excluding hydrogens is 336 g/mol. The molecular formula is C19H28N2O3S. The molecule has 1 aromatic rings. The van der Waals surface area contributed by atoms with Crippen LogP contribution in [0.2, 0.25) is 0 Å². The fourth-order valence-electron chi connectivity index (χ4n) is 4.08. The van der Waals surface area contributed by atoms with Gasteiger partial charge < -0.3 is 4.90 Å². The van der Waals surface area contributed by atoms with Gasteiger partial charge in [0.2, 0.25) is 15.9 Å². The van der Waals surface area contributed by atoms with E-state index in [0.717, 1.165) is 31.0 Å². The zero-order valence-corrected chi connectivity index (χ0v) is 15.7. The Morgan fingerprint density at radius 1 is 1.12 bits per heavy atom. The van der Waals surface area contributed by atoms with Crippen LogP contribution in [0.4, 0.5) is 0 Å². The summed E-state index contributed by atoms with van der Waals surface area (Å²) in [6, 6.07) is 6.72. The second-order valence-corrected chi connectivity index (χ2v) is 9.16. The van der Waals surface area contributed by atoms with Gasteiger partial charge in [-0.05, 0) is 43.7 Å². The molecule has 2 fully saturated rings. The standard InChI is InChI=1S/C19H28N2O3S/c1-15-6-8-18(9-7-15)25(23,24)20-12-10-19(22)21-13-11-16-4-2-3-5-17(16)14-21/h6-9,16-17,20H,2-5,10-14H2,1H3/t16-,17+/m0/s1. The summed E-state index contributed by atoms with van der Waals surface area (Å²) < 4.78 is 27.1. The SMILES string of the molecule is Cc1ccc(S(=O)(=O)NCCC(=O)N2CC[C@@H]3CCCC[C@@H]3C2)cc1. The van der Waals surface area contributed by atoms with E-state index in [1.807, 2.05) is 11.8 Å². The topological polar surface area (TPSA) is 66.5 Å². The summed E-state index contributed by atoms with van der Waals surface area (Å²) in [5, 5.41) is 0.